The van der Waals surface area contributed by atoms with E-state index in [1.54, 1.807) is 0 Å². The predicted molar refractivity (Wildman–Crippen MR) is 104 cm³/mol. The Hall–Kier alpha value is -3.46. The van der Waals surface area contributed by atoms with Gasteiger partial charge >= 0.3 is 0 Å². The molecule has 5 rings (SSSR count). The van der Waals surface area contributed by atoms with E-state index in [0.29, 0.717) is 0 Å². The van der Waals surface area contributed by atoms with Gasteiger partial charge in [-0.05, 0) is 28.3 Å². The summed E-state index contributed by atoms with van der Waals surface area (Å²) in [4.78, 5) is 4.59. The molecule has 0 spiro atoms. The summed E-state index contributed by atoms with van der Waals surface area (Å²) in [6.07, 6.45) is 11.6. The van der Waals surface area contributed by atoms with Gasteiger partial charge in [0.05, 0.1) is 11.7 Å². The van der Waals surface area contributed by atoms with Gasteiger partial charge in [-0.2, -0.15) is 4.98 Å². The van der Waals surface area contributed by atoms with Gasteiger partial charge in [0.15, 0.2) is 12.0 Å². The van der Waals surface area contributed by atoms with E-state index in [4.69, 9.17) is 0 Å². The zero-order valence-electron chi connectivity index (χ0n) is 14.4. The first-order valence-corrected chi connectivity index (χ1v) is 8.65. The Morgan fingerprint density at radius 3 is 2.54 bits per heavy atom. The van der Waals surface area contributed by atoms with E-state index < -0.39 is 0 Å². The summed E-state index contributed by atoms with van der Waals surface area (Å²) in [6.45, 7) is 0. The minimum absolute atomic E-state index is 0.901. The number of rotatable bonds is 1. The highest BCUT2D eigenvalue weighted by Crippen LogP contribution is 2.33. The highest BCUT2D eigenvalue weighted by molar-refractivity contribution is 5.86. The van der Waals surface area contributed by atoms with Crippen molar-refractivity contribution in [1.82, 2.24) is 9.55 Å². The van der Waals surface area contributed by atoms with Gasteiger partial charge in [0.1, 0.15) is 0 Å². The highest BCUT2D eigenvalue weighted by Gasteiger charge is 2.16. The normalized spacial score (nSPS) is 14.1. The molecule has 2 heterocycles. The SMILES string of the molecule is Cn1[c-][n+](C2=C/C=C\c3ccccc3-c3ccccc32)c2ncccc21. The number of imidazole rings is 1. The Kier molecular flexibility index (Phi) is 3.32. The molecule has 3 nitrogen and oxygen atoms in total. The minimum Gasteiger partial charge on any atom is -0.347 e. The molecule has 0 N–H and O–H groups in total. The van der Waals surface area contributed by atoms with Gasteiger partial charge in [0.25, 0.3) is 0 Å². The van der Waals surface area contributed by atoms with Gasteiger partial charge in [-0.1, -0.05) is 72.8 Å². The number of fused-ring (bicyclic) bond motifs is 4. The number of allylic oxidation sites excluding steroid dienone is 2. The van der Waals surface area contributed by atoms with E-state index in [-0.39, 0.29) is 0 Å². The monoisotopic (exact) mass is 335 g/mol. The second-order valence-electron chi connectivity index (χ2n) is 6.38. The summed E-state index contributed by atoms with van der Waals surface area (Å²) in [5.41, 5.74) is 7.86. The van der Waals surface area contributed by atoms with Crippen LogP contribution < -0.4 is 4.57 Å². The standard InChI is InChI=1S/C23H17N3/c1-25-16-26(23-22(25)14-7-15-24-23)21-13-6-9-17-8-2-3-10-18(17)19-11-4-5-12-20(19)21/h2-15H,1H3/b9-6-,13-6?,17-9?,19-18?,21-13?,21-20?. The van der Waals surface area contributed by atoms with Crippen molar-refractivity contribution in [2.24, 2.45) is 7.05 Å². The molecule has 1 aliphatic carbocycles. The maximum Gasteiger partial charge on any atom is 0.183 e. The van der Waals surface area contributed by atoms with Crippen molar-refractivity contribution < 1.29 is 4.57 Å². The summed E-state index contributed by atoms with van der Waals surface area (Å²) in [7, 11) is 2.00. The summed E-state index contributed by atoms with van der Waals surface area (Å²) in [5, 5.41) is 0. The number of hydrogen-bond acceptors (Lipinski definition) is 1. The van der Waals surface area contributed by atoms with E-state index in [9.17, 15) is 0 Å². The molecule has 0 aliphatic heterocycles. The van der Waals surface area contributed by atoms with Crippen LogP contribution in [0.25, 0.3) is 34.1 Å². The van der Waals surface area contributed by atoms with Crippen molar-refractivity contribution in [2.75, 3.05) is 0 Å². The predicted octanol–water partition coefficient (Wildman–Crippen LogP) is 4.24. The minimum atomic E-state index is 0.901. The smallest absolute Gasteiger partial charge is 0.183 e. The molecular formula is C23H17N3. The molecule has 4 aromatic rings. The second-order valence-corrected chi connectivity index (χ2v) is 6.38. The molecule has 0 saturated heterocycles. The van der Waals surface area contributed by atoms with Crippen molar-refractivity contribution >= 4 is 22.9 Å². The molecule has 0 fully saturated rings. The van der Waals surface area contributed by atoms with Gasteiger partial charge in [-0.25, -0.2) is 0 Å². The topological polar surface area (TPSA) is 21.7 Å². The van der Waals surface area contributed by atoms with Crippen molar-refractivity contribution in [3.8, 4) is 11.1 Å². The fourth-order valence-electron chi connectivity index (χ4n) is 3.60. The Bertz CT molecular complexity index is 1200. The molecule has 0 unspecified atom stereocenters. The van der Waals surface area contributed by atoms with Gasteiger partial charge in [0.2, 0.25) is 0 Å². The van der Waals surface area contributed by atoms with E-state index in [1.807, 2.05) is 28.4 Å². The van der Waals surface area contributed by atoms with Crippen LogP contribution in [0.15, 0.2) is 79.0 Å². The number of pyridine rings is 1. The lowest BCUT2D eigenvalue weighted by Crippen LogP contribution is -2.33. The van der Waals surface area contributed by atoms with Crippen LogP contribution >= 0.6 is 0 Å². The van der Waals surface area contributed by atoms with E-state index in [0.717, 1.165) is 16.9 Å². The third-order valence-electron chi connectivity index (χ3n) is 4.81. The Morgan fingerprint density at radius 2 is 1.65 bits per heavy atom. The lowest BCUT2D eigenvalue weighted by Gasteiger charge is -2.19. The fourth-order valence-corrected chi connectivity index (χ4v) is 3.60. The zero-order chi connectivity index (χ0) is 17.5. The van der Waals surface area contributed by atoms with E-state index in [2.05, 4.69) is 84.1 Å². The quantitative estimate of drug-likeness (QED) is 0.376. The Labute approximate surface area is 152 Å². The van der Waals surface area contributed by atoms with Crippen molar-refractivity contribution in [1.29, 1.82) is 0 Å². The first-order chi connectivity index (χ1) is 12.8. The van der Waals surface area contributed by atoms with Crippen LogP contribution in [0.1, 0.15) is 11.1 Å². The largest absolute Gasteiger partial charge is 0.347 e. The average Bonchev–Trinajstić information content (AvgIpc) is 3.01. The molecular weight excluding hydrogens is 318 g/mol. The maximum atomic E-state index is 4.59. The number of benzene rings is 2. The first-order valence-electron chi connectivity index (χ1n) is 8.65. The molecule has 0 bridgehead atoms. The molecule has 0 atom stereocenters. The summed E-state index contributed by atoms with van der Waals surface area (Å²) >= 11 is 0. The zero-order valence-corrected chi connectivity index (χ0v) is 14.4. The van der Waals surface area contributed by atoms with Crippen LogP contribution in [0.4, 0.5) is 0 Å². The Morgan fingerprint density at radius 1 is 0.885 bits per heavy atom. The van der Waals surface area contributed by atoms with Crippen LogP contribution in [-0.4, -0.2) is 9.55 Å². The third-order valence-corrected chi connectivity index (χ3v) is 4.81. The molecule has 0 radical (unpaired) electrons. The van der Waals surface area contributed by atoms with Gasteiger partial charge < -0.3 is 9.13 Å². The molecule has 2 aromatic heterocycles. The first kappa shape index (κ1) is 14.8. The van der Waals surface area contributed by atoms with Crippen LogP contribution in [-0.2, 0) is 7.05 Å². The number of hydrogen-bond donors (Lipinski definition) is 0. The molecule has 2 aromatic carbocycles. The van der Waals surface area contributed by atoms with Gasteiger partial charge in [0, 0.05) is 12.7 Å². The third kappa shape index (κ3) is 2.21. The second kappa shape index (κ2) is 5.81. The molecule has 26 heavy (non-hydrogen) atoms. The van der Waals surface area contributed by atoms with Gasteiger partial charge in [-0.15, -0.1) is 0 Å². The molecule has 124 valence electrons. The lowest BCUT2D eigenvalue weighted by molar-refractivity contribution is -0.558. The number of aryl methyl sites for hydroxylation is 1. The fraction of sp³-hybridized carbons (Fsp3) is 0.0435. The molecule has 0 amide bonds. The highest BCUT2D eigenvalue weighted by atomic mass is 15.2. The number of aromatic nitrogens is 3. The van der Waals surface area contributed by atoms with Crippen LogP contribution in [0, 0.1) is 6.33 Å². The number of nitrogens with zero attached hydrogens (tertiary/aromatic N) is 3. The maximum absolute atomic E-state index is 4.59. The van der Waals surface area contributed by atoms with E-state index >= 15 is 0 Å². The van der Waals surface area contributed by atoms with E-state index in [1.165, 1.54) is 22.3 Å². The molecule has 3 heteroatoms. The lowest BCUT2D eigenvalue weighted by atomic mass is 9.92. The average molecular weight is 335 g/mol. The van der Waals surface area contributed by atoms with Crippen LogP contribution in [0.3, 0.4) is 0 Å². The van der Waals surface area contributed by atoms with Gasteiger partial charge in [-0.3, -0.25) is 0 Å². The van der Waals surface area contributed by atoms with Crippen LogP contribution in [0.5, 0.6) is 0 Å². The molecule has 1 aliphatic rings. The van der Waals surface area contributed by atoms with Crippen LogP contribution in [0.2, 0.25) is 0 Å². The summed E-state index contributed by atoms with van der Waals surface area (Å²) in [6, 6.07) is 21.0. The summed E-state index contributed by atoms with van der Waals surface area (Å²) < 4.78 is 4.04. The Balaban J connectivity index is 1.83. The van der Waals surface area contributed by atoms with Crippen molar-refractivity contribution in [2.45, 2.75) is 0 Å². The van der Waals surface area contributed by atoms with Crippen molar-refractivity contribution in [3.63, 3.8) is 0 Å². The van der Waals surface area contributed by atoms with Crippen molar-refractivity contribution in [3.05, 3.63) is 96.5 Å². The molecule has 0 saturated carbocycles. The summed E-state index contributed by atoms with van der Waals surface area (Å²) in [5.74, 6) is 0.